The summed E-state index contributed by atoms with van der Waals surface area (Å²) in [4.78, 5) is 0. The van der Waals surface area contributed by atoms with Gasteiger partial charge in [0.25, 0.3) is 0 Å². The van der Waals surface area contributed by atoms with Crippen molar-refractivity contribution in [2.45, 2.75) is 26.8 Å². The first-order valence-corrected chi connectivity index (χ1v) is 7.57. The smallest absolute Gasteiger partial charge is 0.137 e. The minimum absolute atomic E-state index is 0.0105. The number of hydrogen-bond donors (Lipinski definition) is 1. The van der Waals surface area contributed by atoms with Crippen LogP contribution >= 0.6 is 15.9 Å². The molecule has 0 spiro atoms. The van der Waals surface area contributed by atoms with Crippen LogP contribution in [0.2, 0.25) is 0 Å². The van der Waals surface area contributed by atoms with E-state index in [2.05, 4.69) is 60.2 Å². The Morgan fingerprint density at radius 2 is 1.80 bits per heavy atom. The molecule has 106 valence electrons. The highest BCUT2D eigenvalue weighted by Gasteiger charge is 2.18. The van der Waals surface area contributed by atoms with Crippen LogP contribution in [-0.2, 0) is 0 Å². The summed E-state index contributed by atoms with van der Waals surface area (Å²) in [7, 11) is 0. The van der Waals surface area contributed by atoms with Crippen LogP contribution in [0.25, 0.3) is 0 Å². The molecule has 0 saturated carbocycles. The van der Waals surface area contributed by atoms with Gasteiger partial charge in [0.1, 0.15) is 5.82 Å². The summed E-state index contributed by atoms with van der Waals surface area (Å²) in [6.07, 6.45) is 0. The maximum atomic E-state index is 13.8. The summed E-state index contributed by atoms with van der Waals surface area (Å²) in [5.74, 6) is -0.227. The first-order valence-electron chi connectivity index (χ1n) is 6.78. The number of nitrogens with one attached hydrogen (secondary N) is 1. The van der Waals surface area contributed by atoms with Crippen molar-refractivity contribution < 1.29 is 4.39 Å². The van der Waals surface area contributed by atoms with Gasteiger partial charge in [-0.25, -0.2) is 4.39 Å². The third kappa shape index (κ3) is 3.28. The second kappa shape index (κ2) is 6.51. The van der Waals surface area contributed by atoms with Crippen LogP contribution < -0.4 is 5.32 Å². The molecule has 1 nitrogen and oxygen atoms in total. The van der Waals surface area contributed by atoms with Crippen molar-refractivity contribution in [1.29, 1.82) is 0 Å². The molecular weight excluding hydrogens is 317 g/mol. The van der Waals surface area contributed by atoms with Crippen molar-refractivity contribution in [3.05, 3.63) is 68.9 Å². The van der Waals surface area contributed by atoms with Crippen LogP contribution in [-0.4, -0.2) is 6.54 Å². The fraction of sp³-hybridized carbons (Fsp3) is 0.294. The van der Waals surface area contributed by atoms with E-state index < -0.39 is 0 Å². The molecule has 0 radical (unpaired) electrons. The highest BCUT2D eigenvalue weighted by atomic mass is 79.9. The second-order valence-corrected chi connectivity index (χ2v) is 5.85. The summed E-state index contributed by atoms with van der Waals surface area (Å²) < 4.78 is 14.3. The number of benzene rings is 2. The van der Waals surface area contributed by atoms with Crippen molar-refractivity contribution in [1.82, 2.24) is 5.32 Å². The first kappa shape index (κ1) is 15.2. The number of halogens is 2. The number of aryl methyl sites for hydroxylation is 2. The van der Waals surface area contributed by atoms with Crippen molar-refractivity contribution in [2.24, 2.45) is 0 Å². The van der Waals surface area contributed by atoms with E-state index in [4.69, 9.17) is 0 Å². The lowest BCUT2D eigenvalue weighted by atomic mass is 9.95. The van der Waals surface area contributed by atoms with Gasteiger partial charge in [0.15, 0.2) is 0 Å². The molecule has 2 aromatic carbocycles. The highest BCUT2D eigenvalue weighted by Crippen LogP contribution is 2.31. The third-order valence-electron chi connectivity index (χ3n) is 3.28. The molecular formula is C17H19BrFN. The summed E-state index contributed by atoms with van der Waals surface area (Å²) >= 11 is 3.37. The molecule has 0 saturated heterocycles. The van der Waals surface area contributed by atoms with Gasteiger partial charge in [-0.15, -0.1) is 0 Å². The van der Waals surface area contributed by atoms with Crippen molar-refractivity contribution in [3.8, 4) is 0 Å². The zero-order valence-electron chi connectivity index (χ0n) is 12.0. The molecule has 1 unspecified atom stereocenters. The van der Waals surface area contributed by atoms with Gasteiger partial charge >= 0.3 is 0 Å². The van der Waals surface area contributed by atoms with Crippen LogP contribution in [0.1, 0.15) is 35.2 Å². The Hall–Kier alpha value is -1.19. The SMILES string of the molecule is CCNC(c1cc(C)cc(C)c1)c1cccc(F)c1Br. The maximum Gasteiger partial charge on any atom is 0.137 e. The monoisotopic (exact) mass is 335 g/mol. The fourth-order valence-electron chi connectivity index (χ4n) is 2.53. The van der Waals surface area contributed by atoms with Crippen LogP contribution in [0.4, 0.5) is 4.39 Å². The van der Waals surface area contributed by atoms with Gasteiger partial charge in [0.2, 0.25) is 0 Å². The van der Waals surface area contributed by atoms with Crippen LogP contribution in [0.3, 0.4) is 0 Å². The Kier molecular flexibility index (Phi) is 4.95. The van der Waals surface area contributed by atoms with Gasteiger partial charge in [-0.3, -0.25) is 0 Å². The van der Waals surface area contributed by atoms with E-state index in [1.165, 1.54) is 17.2 Å². The van der Waals surface area contributed by atoms with E-state index in [-0.39, 0.29) is 11.9 Å². The Bertz CT molecular complexity index is 590. The lowest BCUT2D eigenvalue weighted by molar-refractivity contribution is 0.595. The number of hydrogen-bond acceptors (Lipinski definition) is 1. The number of rotatable bonds is 4. The lowest BCUT2D eigenvalue weighted by Crippen LogP contribution is -2.22. The fourth-order valence-corrected chi connectivity index (χ4v) is 3.02. The van der Waals surface area contributed by atoms with Gasteiger partial charge in [0, 0.05) is 0 Å². The lowest BCUT2D eigenvalue weighted by Gasteiger charge is -2.21. The molecule has 2 aromatic rings. The average Bonchev–Trinajstić information content (AvgIpc) is 2.38. The van der Waals surface area contributed by atoms with E-state index in [0.29, 0.717) is 4.47 Å². The van der Waals surface area contributed by atoms with Gasteiger partial charge in [-0.1, -0.05) is 48.4 Å². The zero-order valence-corrected chi connectivity index (χ0v) is 13.6. The van der Waals surface area contributed by atoms with Crippen LogP contribution in [0.5, 0.6) is 0 Å². The largest absolute Gasteiger partial charge is 0.306 e. The minimum atomic E-state index is -0.227. The molecule has 0 fully saturated rings. The molecule has 0 aliphatic rings. The van der Waals surface area contributed by atoms with E-state index in [0.717, 1.165) is 17.7 Å². The molecule has 0 bridgehead atoms. The zero-order chi connectivity index (χ0) is 14.7. The van der Waals surface area contributed by atoms with E-state index in [1.807, 2.05) is 6.07 Å². The normalized spacial score (nSPS) is 12.4. The van der Waals surface area contributed by atoms with Crippen LogP contribution in [0, 0.1) is 19.7 Å². The summed E-state index contributed by atoms with van der Waals surface area (Å²) in [6.45, 7) is 7.05. The van der Waals surface area contributed by atoms with Crippen molar-refractivity contribution >= 4 is 15.9 Å². The summed E-state index contributed by atoms with van der Waals surface area (Å²) in [6, 6.07) is 11.6. The molecule has 0 aliphatic heterocycles. The standard InChI is InChI=1S/C17H19BrFN/c1-4-20-17(13-9-11(2)8-12(3)10-13)14-6-5-7-15(19)16(14)18/h5-10,17,20H,4H2,1-3H3. The Labute approximate surface area is 128 Å². The Morgan fingerprint density at radius 3 is 2.40 bits per heavy atom. The third-order valence-corrected chi connectivity index (χ3v) is 4.11. The molecule has 0 aliphatic carbocycles. The van der Waals surface area contributed by atoms with Crippen molar-refractivity contribution in [2.75, 3.05) is 6.54 Å². The Balaban J connectivity index is 2.53. The van der Waals surface area contributed by atoms with E-state index in [1.54, 1.807) is 6.07 Å². The summed E-state index contributed by atoms with van der Waals surface area (Å²) in [5, 5.41) is 3.44. The molecule has 20 heavy (non-hydrogen) atoms. The topological polar surface area (TPSA) is 12.0 Å². The molecule has 0 amide bonds. The molecule has 1 atom stereocenters. The maximum absolute atomic E-state index is 13.8. The average molecular weight is 336 g/mol. The molecule has 3 heteroatoms. The van der Waals surface area contributed by atoms with Crippen molar-refractivity contribution in [3.63, 3.8) is 0 Å². The second-order valence-electron chi connectivity index (χ2n) is 5.05. The van der Waals surface area contributed by atoms with E-state index in [9.17, 15) is 4.39 Å². The van der Waals surface area contributed by atoms with Gasteiger partial charge in [-0.2, -0.15) is 0 Å². The predicted octanol–water partition coefficient (Wildman–Crippen LogP) is 4.90. The van der Waals surface area contributed by atoms with Gasteiger partial charge in [0.05, 0.1) is 10.5 Å². The molecule has 0 heterocycles. The molecule has 2 rings (SSSR count). The molecule has 0 aromatic heterocycles. The quantitative estimate of drug-likeness (QED) is 0.837. The summed E-state index contributed by atoms with van der Waals surface area (Å²) in [5.41, 5.74) is 4.53. The van der Waals surface area contributed by atoms with Crippen LogP contribution in [0.15, 0.2) is 40.9 Å². The van der Waals surface area contributed by atoms with Gasteiger partial charge in [-0.05, 0) is 53.5 Å². The minimum Gasteiger partial charge on any atom is -0.306 e. The molecule has 1 N–H and O–H groups in total. The predicted molar refractivity (Wildman–Crippen MR) is 85.5 cm³/mol. The Morgan fingerprint density at radius 1 is 1.15 bits per heavy atom. The first-order chi connectivity index (χ1) is 9.52. The van der Waals surface area contributed by atoms with Gasteiger partial charge < -0.3 is 5.32 Å². The highest BCUT2D eigenvalue weighted by molar-refractivity contribution is 9.10. The van der Waals surface area contributed by atoms with E-state index >= 15 is 0 Å².